The Hall–Kier alpha value is -0.570. The van der Waals surface area contributed by atoms with Gasteiger partial charge in [-0.05, 0) is 31.7 Å². The monoisotopic (exact) mass is 296 g/mol. The van der Waals surface area contributed by atoms with E-state index in [0.29, 0.717) is 18.4 Å². The zero-order chi connectivity index (χ0) is 15.3. The van der Waals surface area contributed by atoms with Crippen LogP contribution in [0.2, 0.25) is 0 Å². The van der Waals surface area contributed by atoms with Crippen molar-refractivity contribution in [1.82, 2.24) is 10.6 Å². The SMILES string of the molecule is CCCCCCC(CCCCC)NCC1CCNC(=O)C1. The molecule has 1 aliphatic heterocycles. The number of rotatable bonds is 12. The molecule has 21 heavy (non-hydrogen) atoms. The molecule has 0 radical (unpaired) electrons. The largest absolute Gasteiger partial charge is 0.356 e. The van der Waals surface area contributed by atoms with Crippen molar-refractivity contribution in [3.8, 4) is 0 Å². The van der Waals surface area contributed by atoms with Crippen LogP contribution in [-0.2, 0) is 4.79 Å². The molecular weight excluding hydrogens is 260 g/mol. The minimum Gasteiger partial charge on any atom is -0.356 e. The van der Waals surface area contributed by atoms with E-state index in [4.69, 9.17) is 0 Å². The molecule has 1 rings (SSSR count). The molecule has 0 aromatic heterocycles. The minimum absolute atomic E-state index is 0.235. The minimum atomic E-state index is 0.235. The Morgan fingerprint density at radius 1 is 1.10 bits per heavy atom. The lowest BCUT2D eigenvalue weighted by atomic mass is 9.96. The van der Waals surface area contributed by atoms with Gasteiger partial charge in [-0.25, -0.2) is 0 Å². The van der Waals surface area contributed by atoms with E-state index < -0.39 is 0 Å². The summed E-state index contributed by atoms with van der Waals surface area (Å²) in [6, 6.07) is 0.665. The van der Waals surface area contributed by atoms with Gasteiger partial charge in [0.05, 0.1) is 0 Å². The number of piperidine rings is 1. The number of carbonyl (C=O) groups is 1. The number of hydrogen-bond donors (Lipinski definition) is 2. The van der Waals surface area contributed by atoms with Gasteiger partial charge in [0.1, 0.15) is 0 Å². The van der Waals surface area contributed by atoms with Crippen LogP contribution < -0.4 is 10.6 Å². The predicted molar refractivity (Wildman–Crippen MR) is 90.4 cm³/mol. The van der Waals surface area contributed by atoms with Crippen molar-refractivity contribution >= 4 is 5.91 Å². The Morgan fingerprint density at radius 3 is 2.43 bits per heavy atom. The third-order valence-electron chi connectivity index (χ3n) is 4.61. The van der Waals surface area contributed by atoms with Gasteiger partial charge < -0.3 is 10.6 Å². The summed E-state index contributed by atoms with van der Waals surface area (Å²) >= 11 is 0. The molecule has 1 amide bonds. The summed E-state index contributed by atoms with van der Waals surface area (Å²) in [4.78, 5) is 11.4. The highest BCUT2D eigenvalue weighted by Gasteiger charge is 2.19. The van der Waals surface area contributed by atoms with Gasteiger partial charge in [-0.3, -0.25) is 4.79 Å². The first-order valence-corrected chi connectivity index (χ1v) is 9.26. The van der Waals surface area contributed by atoms with Crippen LogP contribution in [0.3, 0.4) is 0 Å². The highest BCUT2D eigenvalue weighted by atomic mass is 16.1. The number of unbranched alkanes of at least 4 members (excludes halogenated alkanes) is 5. The molecule has 3 nitrogen and oxygen atoms in total. The molecule has 1 aliphatic rings. The zero-order valence-corrected chi connectivity index (χ0v) is 14.3. The lowest BCUT2D eigenvalue weighted by Crippen LogP contribution is -2.40. The van der Waals surface area contributed by atoms with Crippen LogP contribution >= 0.6 is 0 Å². The maximum atomic E-state index is 11.4. The Labute approximate surface area is 131 Å². The fourth-order valence-corrected chi connectivity index (χ4v) is 3.17. The molecule has 1 heterocycles. The average molecular weight is 296 g/mol. The standard InChI is InChI=1S/C18H36N2O/c1-3-5-7-9-11-17(10-8-6-4-2)20-15-16-12-13-19-18(21)14-16/h16-17,20H,3-15H2,1-2H3,(H,19,21). The molecule has 1 fully saturated rings. The second kappa shape index (κ2) is 12.0. The molecule has 0 aromatic rings. The van der Waals surface area contributed by atoms with Crippen molar-refractivity contribution in [2.45, 2.75) is 90.5 Å². The topological polar surface area (TPSA) is 41.1 Å². The molecule has 0 aromatic carbocycles. The van der Waals surface area contributed by atoms with Crippen molar-refractivity contribution in [2.75, 3.05) is 13.1 Å². The van der Waals surface area contributed by atoms with Crippen LogP contribution in [0.15, 0.2) is 0 Å². The second-order valence-corrected chi connectivity index (χ2v) is 6.66. The van der Waals surface area contributed by atoms with Crippen LogP contribution in [-0.4, -0.2) is 25.0 Å². The molecule has 0 aliphatic carbocycles. The van der Waals surface area contributed by atoms with E-state index in [1.807, 2.05) is 0 Å². The van der Waals surface area contributed by atoms with Gasteiger partial charge >= 0.3 is 0 Å². The quantitative estimate of drug-likeness (QED) is 0.534. The van der Waals surface area contributed by atoms with Crippen LogP contribution in [0.4, 0.5) is 0 Å². The van der Waals surface area contributed by atoms with E-state index >= 15 is 0 Å². The van der Waals surface area contributed by atoms with Crippen LogP contribution in [0, 0.1) is 5.92 Å². The second-order valence-electron chi connectivity index (χ2n) is 6.66. The molecular formula is C18H36N2O. The molecule has 3 heteroatoms. The Kier molecular flexibility index (Phi) is 10.6. The smallest absolute Gasteiger partial charge is 0.220 e. The van der Waals surface area contributed by atoms with Crippen LogP contribution in [0.25, 0.3) is 0 Å². The van der Waals surface area contributed by atoms with Crippen molar-refractivity contribution in [2.24, 2.45) is 5.92 Å². The lowest BCUT2D eigenvalue weighted by Gasteiger charge is -2.26. The molecule has 0 saturated carbocycles. The number of carbonyl (C=O) groups excluding carboxylic acids is 1. The van der Waals surface area contributed by atoms with E-state index in [1.165, 1.54) is 57.8 Å². The maximum Gasteiger partial charge on any atom is 0.220 e. The lowest BCUT2D eigenvalue weighted by molar-refractivity contribution is -0.123. The first-order chi connectivity index (χ1) is 10.3. The highest BCUT2D eigenvalue weighted by molar-refractivity contribution is 5.76. The van der Waals surface area contributed by atoms with E-state index in [2.05, 4.69) is 24.5 Å². The molecule has 2 atom stereocenters. The van der Waals surface area contributed by atoms with Gasteiger partial charge in [0.25, 0.3) is 0 Å². The molecule has 2 unspecified atom stereocenters. The number of amides is 1. The van der Waals surface area contributed by atoms with Crippen LogP contribution in [0.5, 0.6) is 0 Å². The summed E-state index contributed by atoms with van der Waals surface area (Å²) in [5.74, 6) is 0.779. The molecule has 2 N–H and O–H groups in total. The summed E-state index contributed by atoms with van der Waals surface area (Å²) in [5.41, 5.74) is 0. The average Bonchev–Trinajstić information content (AvgIpc) is 2.48. The first kappa shape index (κ1) is 18.5. The Morgan fingerprint density at radius 2 is 1.76 bits per heavy atom. The summed E-state index contributed by atoms with van der Waals surface area (Å²) < 4.78 is 0. The van der Waals surface area contributed by atoms with E-state index in [1.54, 1.807) is 0 Å². The van der Waals surface area contributed by atoms with Gasteiger partial charge in [-0.2, -0.15) is 0 Å². The Bertz CT molecular complexity index is 268. The molecule has 1 saturated heterocycles. The normalized spacial score (nSPS) is 20.3. The van der Waals surface area contributed by atoms with Gasteiger partial charge in [0, 0.05) is 19.0 Å². The fraction of sp³-hybridized carbons (Fsp3) is 0.944. The zero-order valence-electron chi connectivity index (χ0n) is 14.3. The molecule has 0 spiro atoms. The van der Waals surface area contributed by atoms with Crippen molar-refractivity contribution in [3.63, 3.8) is 0 Å². The number of nitrogens with one attached hydrogen (secondary N) is 2. The van der Waals surface area contributed by atoms with Crippen LogP contribution in [0.1, 0.15) is 84.5 Å². The number of hydrogen-bond acceptors (Lipinski definition) is 2. The molecule has 124 valence electrons. The maximum absolute atomic E-state index is 11.4. The van der Waals surface area contributed by atoms with Crippen molar-refractivity contribution in [1.29, 1.82) is 0 Å². The van der Waals surface area contributed by atoms with Gasteiger partial charge in [-0.15, -0.1) is 0 Å². The fourth-order valence-electron chi connectivity index (χ4n) is 3.17. The highest BCUT2D eigenvalue weighted by Crippen LogP contribution is 2.15. The predicted octanol–water partition coefficient (Wildman–Crippen LogP) is 4.02. The van der Waals surface area contributed by atoms with E-state index in [9.17, 15) is 4.79 Å². The third-order valence-corrected chi connectivity index (χ3v) is 4.61. The van der Waals surface area contributed by atoms with Gasteiger partial charge in [0.15, 0.2) is 0 Å². The van der Waals surface area contributed by atoms with Crippen molar-refractivity contribution < 1.29 is 4.79 Å². The van der Waals surface area contributed by atoms with Crippen molar-refractivity contribution in [3.05, 3.63) is 0 Å². The van der Waals surface area contributed by atoms with E-state index in [-0.39, 0.29) is 5.91 Å². The van der Waals surface area contributed by atoms with E-state index in [0.717, 1.165) is 19.5 Å². The summed E-state index contributed by atoms with van der Waals surface area (Å²) in [6.45, 7) is 6.43. The third kappa shape index (κ3) is 9.13. The summed E-state index contributed by atoms with van der Waals surface area (Å²) in [6.07, 6.45) is 13.8. The summed E-state index contributed by atoms with van der Waals surface area (Å²) in [7, 11) is 0. The van der Waals surface area contributed by atoms with Gasteiger partial charge in [-0.1, -0.05) is 58.8 Å². The molecule has 0 bridgehead atoms. The Balaban J connectivity index is 2.23. The first-order valence-electron chi connectivity index (χ1n) is 9.26. The summed E-state index contributed by atoms with van der Waals surface area (Å²) in [5, 5.41) is 6.69. The van der Waals surface area contributed by atoms with Gasteiger partial charge in [0.2, 0.25) is 5.91 Å².